The number of hydrogen-bond donors (Lipinski definition) is 1. The molecule has 0 saturated carbocycles. The van der Waals surface area contributed by atoms with Crippen molar-refractivity contribution in [3.63, 3.8) is 0 Å². The normalized spacial score (nSPS) is 15.8. The number of rotatable bonds is 5. The predicted molar refractivity (Wildman–Crippen MR) is 103 cm³/mol. The van der Waals surface area contributed by atoms with Gasteiger partial charge in [0.1, 0.15) is 5.82 Å². The Labute approximate surface area is 157 Å². The molecule has 140 valence electrons. The Bertz CT molecular complexity index is 800. The van der Waals surface area contributed by atoms with Gasteiger partial charge in [-0.15, -0.1) is 11.3 Å². The van der Waals surface area contributed by atoms with Crippen LogP contribution in [0.5, 0.6) is 0 Å². The Morgan fingerprint density at radius 3 is 2.85 bits per heavy atom. The second kappa shape index (κ2) is 8.60. The molecule has 1 amide bonds. The van der Waals surface area contributed by atoms with Crippen LogP contribution in [0.3, 0.4) is 0 Å². The molecule has 0 aliphatic carbocycles. The van der Waals surface area contributed by atoms with Crippen LogP contribution in [0.4, 0.5) is 0 Å². The largest absolute Gasteiger partial charge is 0.341 e. The number of thiophene rings is 1. The average Bonchev–Trinajstić information content (AvgIpc) is 2.98. The molecular formula is C19H26N4O2S. The molecule has 0 aromatic carbocycles. The van der Waals surface area contributed by atoms with Crippen LogP contribution in [-0.4, -0.2) is 51.9 Å². The molecule has 0 spiro atoms. The van der Waals surface area contributed by atoms with Crippen LogP contribution in [0.2, 0.25) is 0 Å². The number of nitrogens with one attached hydrogen (secondary N) is 1. The first-order chi connectivity index (χ1) is 12.5. The third-order valence-corrected chi connectivity index (χ3v) is 5.69. The van der Waals surface area contributed by atoms with Crippen LogP contribution in [-0.2, 0) is 17.8 Å². The van der Waals surface area contributed by atoms with Crippen LogP contribution >= 0.6 is 11.3 Å². The molecule has 7 heteroatoms. The first-order valence-electron chi connectivity index (χ1n) is 9.12. The third-order valence-electron chi connectivity index (χ3n) is 4.83. The van der Waals surface area contributed by atoms with Crippen LogP contribution in [0.1, 0.15) is 34.8 Å². The highest BCUT2D eigenvalue weighted by Gasteiger charge is 2.20. The maximum Gasteiger partial charge on any atom is 0.254 e. The van der Waals surface area contributed by atoms with E-state index in [0.29, 0.717) is 24.2 Å². The van der Waals surface area contributed by atoms with Gasteiger partial charge in [-0.2, -0.15) is 0 Å². The van der Waals surface area contributed by atoms with E-state index in [2.05, 4.69) is 32.4 Å². The van der Waals surface area contributed by atoms with Crippen molar-refractivity contribution in [1.29, 1.82) is 0 Å². The van der Waals surface area contributed by atoms with Crippen molar-refractivity contribution in [2.75, 3.05) is 26.2 Å². The molecule has 3 rings (SSSR count). The van der Waals surface area contributed by atoms with Gasteiger partial charge in [-0.25, -0.2) is 4.98 Å². The van der Waals surface area contributed by atoms with E-state index in [1.807, 2.05) is 11.8 Å². The highest BCUT2D eigenvalue weighted by Crippen LogP contribution is 2.14. The minimum Gasteiger partial charge on any atom is -0.341 e. The van der Waals surface area contributed by atoms with E-state index in [1.165, 1.54) is 4.88 Å². The van der Waals surface area contributed by atoms with Gasteiger partial charge in [-0.3, -0.25) is 14.5 Å². The summed E-state index contributed by atoms with van der Waals surface area (Å²) in [6.07, 6.45) is 1.80. The fourth-order valence-corrected chi connectivity index (χ4v) is 4.18. The summed E-state index contributed by atoms with van der Waals surface area (Å²) >= 11 is 1.78. The molecule has 0 radical (unpaired) electrons. The number of carbonyl (C=O) groups excluding carboxylic acids is 1. The zero-order chi connectivity index (χ0) is 18.5. The highest BCUT2D eigenvalue weighted by atomic mass is 32.1. The van der Waals surface area contributed by atoms with Gasteiger partial charge in [0, 0.05) is 55.3 Å². The number of hydrogen-bond acceptors (Lipinski definition) is 5. The van der Waals surface area contributed by atoms with Crippen LogP contribution in [0, 0.1) is 13.8 Å². The summed E-state index contributed by atoms with van der Waals surface area (Å²) in [5.74, 6) is 0.739. The van der Waals surface area contributed by atoms with E-state index in [-0.39, 0.29) is 11.5 Å². The Kier molecular flexibility index (Phi) is 6.21. The Morgan fingerprint density at radius 1 is 1.27 bits per heavy atom. The SMILES string of the molecule is Cc1nc(C)c(CCC(=O)N2CCCN(Cc3cccs3)CC2)c(=O)[nH]1. The summed E-state index contributed by atoms with van der Waals surface area (Å²) in [4.78, 5) is 37.4. The number of aryl methyl sites for hydroxylation is 2. The molecule has 2 aromatic rings. The molecule has 1 fully saturated rings. The summed E-state index contributed by atoms with van der Waals surface area (Å²) in [6.45, 7) is 8.02. The molecule has 6 nitrogen and oxygen atoms in total. The topological polar surface area (TPSA) is 69.3 Å². The molecular weight excluding hydrogens is 348 g/mol. The maximum atomic E-state index is 12.6. The zero-order valence-corrected chi connectivity index (χ0v) is 16.3. The Balaban J connectivity index is 1.53. The van der Waals surface area contributed by atoms with E-state index >= 15 is 0 Å². The van der Waals surface area contributed by atoms with Gasteiger partial charge < -0.3 is 9.88 Å². The third kappa shape index (κ3) is 4.80. The van der Waals surface area contributed by atoms with Gasteiger partial charge in [-0.1, -0.05) is 6.07 Å². The summed E-state index contributed by atoms with van der Waals surface area (Å²) in [6, 6.07) is 4.24. The summed E-state index contributed by atoms with van der Waals surface area (Å²) in [5, 5.41) is 2.10. The van der Waals surface area contributed by atoms with Crippen molar-refractivity contribution in [3.8, 4) is 0 Å². The predicted octanol–water partition coefficient (Wildman–Crippen LogP) is 2.12. The number of aromatic amines is 1. The Hall–Kier alpha value is -1.99. The summed E-state index contributed by atoms with van der Waals surface area (Å²) in [7, 11) is 0. The molecule has 26 heavy (non-hydrogen) atoms. The standard InChI is InChI=1S/C19H26N4O2S/c1-14-17(19(25)21-15(2)20-14)6-7-18(24)23-9-4-8-22(10-11-23)13-16-5-3-12-26-16/h3,5,12H,4,6-11,13H2,1-2H3,(H,20,21,25). The van der Waals surface area contributed by atoms with Crippen molar-refractivity contribution in [3.05, 3.63) is 49.8 Å². The molecule has 0 unspecified atom stereocenters. The van der Waals surface area contributed by atoms with Crippen molar-refractivity contribution < 1.29 is 4.79 Å². The molecule has 2 aromatic heterocycles. The maximum absolute atomic E-state index is 12.6. The lowest BCUT2D eigenvalue weighted by atomic mass is 10.1. The lowest BCUT2D eigenvalue weighted by Gasteiger charge is -2.21. The monoisotopic (exact) mass is 374 g/mol. The molecule has 1 saturated heterocycles. The molecule has 0 atom stereocenters. The number of amides is 1. The van der Waals surface area contributed by atoms with Crippen LogP contribution in [0.25, 0.3) is 0 Å². The summed E-state index contributed by atoms with van der Waals surface area (Å²) < 4.78 is 0. The van der Waals surface area contributed by atoms with Gasteiger partial charge in [0.25, 0.3) is 5.56 Å². The first-order valence-corrected chi connectivity index (χ1v) is 10.00. The number of H-pyrrole nitrogens is 1. The number of nitrogens with zero attached hydrogens (tertiary/aromatic N) is 3. The molecule has 3 heterocycles. The van der Waals surface area contributed by atoms with Gasteiger partial charge in [-0.05, 0) is 38.1 Å². The van der Waals surface area contributed by atoms with Crippen molar-refractivity contribution in [2.24, 2.45) is 0 Å². The first kappa shape index (κ1) is 18.8. The van der Waals surface area contributed by atoms with Gasteiger partial charge in [0.05, 0.1) is 0 Å². The van der Waals surface area contributed by atoms with E-state index in [1.54, 1.807) is 18.3 Å². The minimum atomic E-state index is -0.124. The van der Waals surface area contributed by atoms with Gasteiger partial charge in [0.2, 0.25) is 5.91 Å². The van der Waals surface area contributed by atoms with E-state index in [0.717, 1.165) is 44.8 Å². The van der Waals surface area contributed by atoms with Crippen molar-refractivity contribution in [2.45, 2.75) is 39.7 Å². The lowest BCUT2D eigenvalue weighted by Crippen LogP contribution is -2.35. The van der Waals surface area contributed by atoms with Crippen molar-refractivity contribution >= 4 is 17.2 Å². The quantitative estimate of drug-likeness (QED) is 0.870. The van der Waals surface area contributed by atoms with Gasteiger partial charge in [0.15, 0.2) is 0 Å². The van der Waals surface area contributed by atoms with Crippen LogP contribution in [0.15, 0.2) is 22.3 Å². The average molecular weight is 375 g/mol. The highest BCUT2D eigenvalue weighted by molar-refractivity contribution is 7.09. The second-order valence-electron chi connectivity index (χ2n) is 6.81. The van der Waals surface area contributed by atoms with Crippen LogP contribution < -0.4 is 5.56 Å². The molecule has 0 bridgehead atoms. The zero-order valence-electron chi connectivity index (χ0n) is 15.5. The van der Waals surface area contributed by atoms with Gasteiger partial charge >= 0.3 is 0 Å². The van der Waals surface area contributed by atoms with E-state index in [4.69, 9.17) is 0 Å². The minimum absolute atomic E-state index is 0.124. The molecule has 1 aliphatic rings. The fraction of sp³-hybridized carbons (Fsp3) is 0.526. The number of carbonyl (C=O) groups is 1. The number of aromatic nitrogens is 2. The lowest BCUT2D eigenvalue weighted by molar-refractivity contribution is -0.131. The second-order valence-corrected chi connectivity index (χ2v) is 7.84. The van der Waals surface area contributed by atoms with E-state index in [9.17, 15) is 9.59 Å². The summed E-state index contributed by atoms with van der Waals surface area (Å²) in [5.41, 5.74) is 1.22. The molecule has 1 N–H and O–H groups in total. The smallest absolute Gasteiger partial charge is 0.254 e. The van der Waals surface area contributed by atoms with E-state index < -0.39 is 0 Å². The molecule has 1 aliphatic heterocycles. The Morgan fingerprint density at radius 2 is 2.12 bits per heavy atom. The fourth-order valence-electron chi connectivity index (χ4n) is 3.44. The van der Waals surface area contributed by atoms with Crippen molar-refractivity contribution in [1.82, 2.24) is 19.8 Å².